The smallest absolute Gasteiger partial charge is 0.247 e. The molecule has 0 fully saturated rings. The van der Waals surface area contributed by atoms with Crippen LogP contribution in [0.25, 0.3) is 11.0 Å². The Hall–Kier alpha value is -1.85. The summed E-state index contributed by atoms with van der Waals surface area (Å²) in [6, 6.07) is 7.78. The number of nitrogens with two attached hydrogens (primary N) is 1. The Balaban J connectivity index is 2.21. The summed E-state index contributed by atoms with van der Waals surface area (Å²) >= 11 is 0. The minimum Gasteiger partial charge on any atom is -0.459 e. The van der Waals surface area contributed by atoms with E-state index in [-0.39, 0.29) is 12.6 Å². The van der Waals surface area contributed by atoms with Crippen molar-refractivity contribution < 1.29 is 14.3 Å². The lowest BCUT2D eigenvalue weighted by molar-refractivity contribution is -0.125. The third-order valence-electron chi connectivity index (χ3n) is 3.42. The molecule has 2 atom stereocenters. The van der Waals surface area contributed by atoms with E-state index in [4.69, 9.17) is 10.2 Å². The third kappa shape index (κ3) is 2.84. The van der Waals surface area contributed by atoms with Crippen LogP contribution in [-0.2, 0) is 11.2 Å². The molecule has 2 aromatic rings. The number of hydrogen-bond donors (Lipinski definition) is 3. The molecule has 20 heavy (non-hydrogen) atoms. The molecule has 2 rings (SSSR count). The van der Waals surface area contributed by atoms with E-state index in [2.05, 4.69) is 12.2 Å². The second-order valence-electron chi connectivity index (χ2n) is 4.84. The molecule has 0 radical (unpaired) electrons. The number of aliphatic hydroxyl groups is 1. The summed E-state index contributed by atoms with van der Waals surface area (Å²) in [7, 11) is 0. The maximum absolute atomic E-state index is 10.8. The van der Waals surface area contributed by atoms with Crippen LogP contribution >= 0.6 is 0 Å². The van der Waals surface area contributed by atoms with Crippen molar-refractivity contribution >= 4 is 16.9 Å². The monoisotopic (exact) mass is 276 g/mol. The first-order chi connectivity index (χ1) is 9.54. The van der Waals surface area contributed by atoms with Crippen molar-refractivity contribution in [2.75, 3.05) is 6.54 Å². The molecule has 0 spiro atoms. The molecule has 4 N–H and O–H groups in total. The second kappa shape index (κ2) is 6.07. The molecule has 1 heterocycles. The number of aryl methyl sites for hydroxylation is 1. The van der Waals surface area contributed by atoms with Gasteiger partial charge < -0.3 is 20.6 Å². The molecule has 1 aromatic heterocycles. The molecule has 0 saturated heterocycles. The molecular formula is C15H20N2O3. The SMILES string of the molecule is CCc1c(C(C)NCC(O)C(N)=O)oc2ccccc12. The van der Waals surface area contributed by atoms with Crippen molar-refractivity contribution in [2.45, 2.75) is 32.4 Å². The Morgan fingerprint density at radius 3 is 2.80 bits per heavy atom. The zero-order chi connectivity index (χ0) is 14.7. The molecule has 1 aromatic carbocycles. The maximum Gasteiger partial charge on any atom is 0.247 e. The zero-order valence-electron chi connectivity index (χ0n) is 11.7. The lowest BCUT2D eigenvalue weighted by atomic mass is 10.0. The Morgan fingerprint density at radius 2 is 2.15 bits per heavy atom. The molecule has 5 heteroatoms. The van der Waals surface area contributed by atoms with Crippen molar-refractivity contribution in [1.29, 1.82) is 0 Å². The Bertz CT molecular complexity index is 606. The van der Waals surface area contributed by atoms with E-state index < -0.39 is 12.0 Å². The summed E-state index contributed by atoms with van der Waals surface area (Å²) in [6.07, 6.45) is -0.330. The van der Waals surface area contributed by atoms with Crippen molar-refractivity contribution in [3.8, 4) is 0 Å². The van der Waals surface area contributed by atoms with Gasteiger partial charge in [-0.1, -0.05) is 25.1 Å². The number of fused-ring (bicyclic) bond motifs is 1. The fourth-order valence-corrected chi connectivity index (χ4v) is 2.31. The summed E-state index contributed by atoms with van der Waals surface area (Å²) in [5.74, 6) is 0.107. The van der Waals surface area contributed by atoms with Gasteiger partial charge in [0.2, 0.25) is 5.91 Å². The van der Waals surface area contributed by atoms with Gasteiger partial charge in [0.15, 0.2) is 0 Å². The number of furan rings is 1. The van der Waals surface area contributed by atoms with Gasteiger partial charge in [0, 0.05) is 17.5 Å². The van der Waals surface area contributed by atoms with Gasteiger partial charge in [-0.25, -0.2) is 0 Å². The fraction of sp³-hybridized carbons (Fsp3) is 0.400. The standard InChI is InChI=1S/C15H20N2O3/c1-3-10-11-6-4-5-7-13(11)20-14(10)9(2)17-8-12(18)15(16)19/h4-7,9,12,17-18H,3,8H2,1-2H3,(H2,16,19). The van der Waals surface area contributed by atoms with Gasteiger partial charge in [-0.2, -0.15) is 0 Å². The third-order valence-corrected chi connectivity index (χ3v) is 3.42. The molecule has 2 unspecified atom stereocenters. The number of aliphatic hydroxyl groups excluding tert-OH is 1. The van der Waals surface area contributed by atoms with Crippen LogP contribution < -0.4 is 11.1 Å². The van der Waals surface area contributed by atoms with Crippen molar-refractivity contribution in [3.05, 3.63) is 35.6 Å². The number of carbonyl (C=O) groups excluding carboxylic acids is 1. The van der Waals surface area contributed by atoms with Gasteiger partial charge in [-0.3, -0.25) is 4.79 Å². The van der Waals surface area contributed by atoms with E-state index in [1.165, 1.54) is 0 Å². The maximum atomic E-state index is 10.8. The zero-order valence-corrected chi connectivity index (χ0v) is 11.7. The van der Waals surface area contributed by atoms with Gasteiger partial charge in [0.05, 0.1) is 6.04 Å². The molecule has 0 aliphatic carbocycles. The number of amides is 1. The molecule has 0 aliphatic rings. The van der Waals surface area contributed by atoms with Gasteiger partial charge in [-0.05, 0) is 19.4 Å². The highest BCUT2D eigenvalue weighted by molar-refractivity contribution is 5.82. The topological polar surface area (TPSA) is 88.5 Å². The van der Waals surface area contributed by atoms with Gasteiger partial charge in [0.1, 0.15) is 17.4 Å². The number of benzene rings is 1. The Morgan fingerprint density at radius 1 is 1.45 bits per heavy atom. The summed E-state index contributed by atoms with van der Waals surface area (Å²) < 4.78 is 5.88. The number of para-hydroxylation sites is 1. The Kier molecular flexibility index (Phi) is 4.42. The Labute approximate surface area is 117 Å². The van der Waals surface area contributed by atoms with Crippen molar-refractivity contribution in [2.24, 2.45) is 5.73 Å². The normalized spacial score (nSPS) is 14.3. The second-order valence-corrected chi connectivity index (χ2v) is 4.84. The number of primary amides is 1. The van der Waals surface area contributed by atoms with Crippen LogP contribution in [0.15, 0.2) is 28.7 Å². The summed E-state index contributed by atoms with van der Waals surface area (Å²) in [4.78, 5) is 10.8. The number of hydrogen-bond acceptors (Lipinski definition) is 4. The fourth-order valence-electron chi connectivity index (χ4n) is 2.31. The van der Waals surface area contributed by atoms with E-state index in [9.17, 15) is 9.90 Å². The first kappa shape index (κ1) is 14.6. The van der Waals surface area contributed by atoms with Crippen LogP contribution in [0.4, 0.5) is 0 Å². The van der Waals surface area contributed by atoms with Crippen LogP contribution in [0.5, 0.6) is 0 Å². The lowest BCUT2D eigenvalue weighted by Crippen LogP contribution is -2.38. The highest BCUT2D eigenvalue weighted by atomic mass is 16.3. The predicted molar refractivity (Wildman–Crippen MR) is 77.2 cm³/mol. The molecule has 0 aliphatic heterocycles. The predicted octanol–water partition coefficient (Wildman–Crippen LogP) is 1.49. The van der Waals surface area contributed by atoms with Crippen molar-refractivity contribution in [3.63, 3.8) is 0 Å². The van der Waals surface area contributed by atoms with Gasteiger partial charge >= 0.3 is 0 Å². The van der Waals surface area contributed by atoms with Crippen molar-refractivity contribution in [1.82, 2.24) is 5.32 Å². The van der Waals surface area contributed by atoms with Crippen LogP contribution in [-0.4, -0.2) is 23.7 Å². The molecule has 0 bridgehead atoms. The van der Waals surface area contributed by atoms with E-state index in [1.807, 2.05) is 31.2 Å². The van der Waals surface area contributed by atoms with Gasteiger partial charge in [0.25, 0.3) is 0 Å². The molecule has 108 valence electrons. The largest absolute Gasteiger partial charge is 0.459 e. The number of carbonyl (C=O) groups is 1. The van der Waals surface area contributed by atoms with Crippen LogP contribution in [0.1, 0.15) is 31.2 Å². The van der Waals surface area contributed by atoms with E-state index >= 15 is 0 Å². The highest BCUT2D eigenvalue weighted by Gasteiger charge is 2.19. The average Bonchev–Trinajstić information content (AvgIpc) is 2.82. The van der Waals surface area contributed by atoms with E-state index in [1.54, 1.807) is 0 Å². The first-order valence-corrected chi connectivity index (χ1v) is 6.75. The van der Waals surface area contributed by atoms with Crippen LogP contribution in [0.3, 0.4) is 0 Å². The summed E-state index contributed by atoms with van der Waals surface area (Å²) in [5.41, 5.74) is 7.02. The summed E-state index contributed by atoms with van der Waals surface area (Å²) in [6.45, 7) is 4.12. The molecule has 1 amide bonds. The quantitative estimate of drug-likeness (QED) is 0.746. The molecule has 5 nitrogen and oxygen atoms in total. The van der Waals surface area contributed by atoms with Gasteiger partial charge in [-0.15, -0.1) is 0 Å². The molecule has 0 saturated carbocycles. The highest BCUT2D eigenvalue weighted by Crippen LogP contribution is 2.30. The number of rotatable bonds is 6. The van der Waals surface area contributed by atoms with E-state index in [0.717, 1.165) is 28.7 Å². The van der Waals surface area contributed by atoms with Crippen LogP contribution in [0.2, 0.25) is 0 Å². The molecular weight excluding hydrogens is 256 g/mol. The van der Waals surface area contributed by atoms with E-state index in [0.29, 0.717) is 0 Å². The number of nitrogens with one attached hydrogen (secondary N) is 1. The first-order valence-electron chi connectivity index (χ1n) is 6.75. The summed E-state index contributed by atoms with van der Waals surface area (Å²) in [5, 5.41) is 13.6. The minimum absolute atomic E-state index is 0.105. The average molecular weight is 276 g/mol. The lowest BCUT2D eigenvalue weighted by Gasteiger charge is -2.14. The minimum atomic E-state index is -1.19. The van der Waals surface area contributed by atoms with Crippen LogP contribution in [0, 0.1) is 0 Å².